The number of pyridine rings is 1. The lowest BCUT2D eigenvalue weighted by atomic mass is 9.84. The van der Waals surface area contributed by atoms with Crippen molar-refractivity contribution in [1.29, 1.82) is 0 Å². The van der Waals surface area contributed by atoms with Crippen molar-refractivity contribution in [3.05, 3.63) is 52.9 Å². The monoisotopic (exact) mass is 400 g/mol. The first-order valence-corrected chi connectivity index (χ1v) is 9.56. The fourth-order valence-corrected chi connectivity index (χ4v) is 4.01. The summed E-state index contributed by atoms with van der Waals surface area (Å²) in [6.45, 7) is 6.81. The van der Waals surface area contributed by atoms with E-state index in [9.17, 15) is 13.6 Å². The van der Waals surface area contributed by atoms with Gasteiger partial charge in [-0.3, -0.25) is 9.78 Å². The molecule has 152 valence electrons. The molecule has 3 aromatic rings. The van der Waals surface area contributed by atoms with Gasteiger partial charge < -0.3 is 4.90 Å². The van der Waals surface area contributed by atoms with Crippen LogP contribution in [0.4, 0.5) is 8.78 Å². The number of carbonyl (C=O) groups is 1. The van der Waals surface area contributed by atoms with Crippen molar-refractivity contribution in [3.8, 4) is 0 Å². The minimum absolute atomic E-state index is 0.0755. The van der Waals surface area contributed by atoms with Gasteiger partial charge in [0.15, 0.2) is 0 Å². The molecule has 3 aromatic heterocycles. The summed E-state index contributed by atoms with van der Waals surface area (Å²) in [5, 5.41) is 4.17. The molecule has 4 rings (SSSR count). The van der Waals surface area contributed by atoms with Crippen LogP contribution in [-0.4, -0.2) is 48.5 Å². The van der Waals surface area contributed by atoms with Crippen LogP contribution in [0.2, 0.25) is 0 Å². The van der Waals surface area contributed by atoms with Crippen LogP contribution in [0.1, 0.15) is 58.8 Å². The average Bonchev–Trinajstić information content (AvgIpc) is 3.15. The molecule has 0 bridgehead atoms. The standard InChI is InChI=1S/C20H22F2N6O/c1-11-4-5-27(19(29)14-6-12(2)25-13(3)7-14)9-15(11)17-8-16(18(21)22)26-20-23-10-24-28(17)20/h6-8,10-11,15,18H,4-5,9H2,1-3H3/t11-,15-/m0/s1. The van der Waals surface area contributed by atoms with Crippen LogP contribution in [-0.2, 0) is 0 Å². The second-order valence-corrected chi connectivity index (χ2v) is 7.64. The number of piperidine rings is 1. The number of aryl methyl sites for hydroxylation is 2. The molecule has 0 aromatic carbocycles. The Bertz CT molecular complexity index is 1050. The number of rotatable bonds is 3. The van der Waals surface area contributed by atoms with Gasteiger partial charge in [0, 0.05) is 36.0 Å². The summed E-state index contributed by atoms with van der Waals surface area (Å²) in [6, 6.07) is 4.95. The summed E-state index contributed by atoms with van der Waals surface area (Å²) in [6.07, 6.45) is -0.628. The number of alkyl halides is 2. The molecular weight excluding hydrogens is 378 g/mol. The van der Waals surface area contributed by atoms with Gasteiger partial charge in [0.2, 0.25) is 0 Å². The second-order valence-electron chi connectivity index (χ2n) is 7.64. The minimum atomic E-state index is -2.70. The number of halogens is 2. The Morgan fingerprint density at radius 2 is 1.90 bits per heavy atom. The first-order valence-electron chi connectivity index (χ1n) is 9.56. The average molecular weight is 400 g/mol. The summed E-state index contributed by atoms with van der Waals surface area (Å²) < 4.78 is 28.2. The van der Waals surface area contributed by atoms with E-state index < -0.39 is 6.43 Å². The maximum Gasteiger partial charge on any atom is 0.280 e. The Morgan fingerprint density at radius 3 is 2.59 bits per heavy atom. The third kappa shape index (κ3) is 3.68. The van der Waals surface area contributed by atoms with E-state index in [1.807, 2.05) is 13.8 Å². The van der Waals surface area contributed by atoms with Crippen LogP contribution >= 0.6 is 0 Å². The highest BCUT2D eigenvalue weighted by Crippen LogP contribution is 2.34. The lowest BCUT2D eigenvalue weighted by Crippen LogP contribution is -2.42. The van der Waals surface area contributed by atoms with Gasteiger partial charge >= 0.3 is 0 Å². The SMILES string of the molecule is Cc1cc(C(=O)N2CC[C@H](C)[C@@H](c3cc(C(F)F)nc4ncnn34)C2)cc(C)n1. The van der Waals surface area contributed by atoms with Crippen molar-refractivity contribution in [2.45, 2.75) is 39.5 Å². The van der Waals surface area contributed by atoms with Gasteiger partial charge in [-0.15, -0.1) is 0 Å². The van der Waals surface area contributed by atoms with Gasteiger partial charge in [0.05, 0.1) is 5.69 Å². The normalized spacial score (nSPS) is 19.9. The third-order valence-electron chi connectivity index (χ3n) is 5.48. The fraction of sp³-hybridized carbons (Fsp3) is 0.450. The van der Waals surface area contributed by atoms with E-state index in [0.717, 1.165) is 17.8 Å². The van der Waals surface area contributed by atoms with Crippen molar-refractivity contribution >= 4 is 11.7 Å². The Kier molecular flexibility index (Phi) is 4.97. The Hall–Kier alpha value is -2.97. The maximum atomic E-state index is 13.4. The summed E-state index contributed by atoms with van der Waals surface area (Å²) in [4.78, 5) is 27.1. The molecule has 0 N–H and O–H groups in total. The predicted molar refractivity (Wildman–Crippen MR) is 102 cm³/mol. The fourth-order valence-electron chi connectivity index (χ4n) is 4.01. The number of likely N-dealkylation sites (tertiary alicyclic amines) is 1. The summed E-state index contributed by atoms with van der Waals surface area (Å²) >= 11 is 0. The summed E-state index contributed by atoms with van der Waals surface area (Å²) in [7, 11) is 0. The number of carbonyl (C=O) groups excluding carboxylic acids is 1. The van der Waals surface area contributed by atoms with Crippen LogP contribution in [0, 0.1) is 19.8 Å². The topological polar surface area (TPSA) is 76.3 Å². The number of hydrogen-bond donors (Lipinski definition) is 0. The molecule has 1 aliphatic heterocycles. The van der Waals surface area contributed by atoms with Crippen LogP contribution in [0.25, 0.3) is 5.78 Å². The number of hydrogen-bond acceptors (Lipinski definition) is 5. The molecule has 1 fully saturated rings. The molecule has 1 amide bonds. The molecule has 0 spiro atoms. The van der Waals surface area contributed by atoms with Crippen LogP contribution in [0.5, 0.6) is 0 Å². The van der Waals surface area contributed by atoms with Gasteiger partial charge in [-0.1, -0.05) is 6.92 Å². The van der Waals surface area contributed by atoms with Crippen molar-refractivity contribution in [2.75, 3.05) is 13.1 Å². The van der Waals surface area contributed by atoms with Crippen LogP contribution < -0.4 is 0 Å². The predicted octanol–water partition coefficient (Wildman–Crippen LogP) is 3.34. The lowest BCUT2D eigenvalue weighted by molar-refractivity contribution is 0.0665. The molecule has 0 radical (unpaired) electrons. The number of aromatic nitrogens is 5. The van der Waals surface area contributed by atoms with Crippen molar-refractivity contribution < 1.29 is 13.6 Å². The van der Waals surface area contributed by atoms with E-state index in [0.29, 0.717) is 24.3 Å². The van der Waals surface area contributed by atoms with E-state index in [1.165, 1.54) is 16.9 Å². The summed E-state index contributed by atoms with van der Waals surface area (Å²) in [5.41, 5.74) is 2.45. The number of fused-ring (bicyclic) bond motifs is 1. The molecule has 0 unspecified atom stereocenters. The van der Waals surface area contributed by atoms with Gasteiger partial charge in [-0.2, -0.15) is 10.1 Å². The molecule has 0 aliphatic carbocycles. The van der Waals surface area contributed by atoms with Gasteiger partial charge in [-0.05, 0) is 44.4 Å². The van der Waals surface area contributed by atoms with Crippen molar-refractivity contribution in [3.63, 3.8) is 0 Å². The minimum Gasteiger partial charge on any atom is -0.338 e. The van der Waals surface area contributed by atoms with Gasteiger partial charge in [-0.25, -0.2) is 18.3 Å². The quantitative estimate of drug-likeness (QED) is 0.674. The van der Waals surface area contributed by atoms with E-state index in [2.05, 4.69) is 27.0 Å². The van der Waals surface area contributed by atoms with Crippen molar-refractivity contribution in [2.24, 2.45) is 5.92 Å². The Morgan fingerprint density at radius 1 is 1.17 bits per heavy atom. The maximum absolute atomic E-state index is 13.4. The molecule has 2 atom stereocenters. The largest absolute Gasteiger partial charge is 0.338 e. The zero-order chi connectivity index (χ0) is 20.7. The van der Waals surface area contributed by atoms with E-state index >= 15 is 0 Å². The first kappa shape index (κ1) is 19.4. The zero-order valence-electron chi connectivity index (χ0n) is 16.5. The molecular formula is C20H22F2N6O. The smallest absolute Gasteiger partial charge is 0.280 e. The Labute approximate surface area is 166 Å². The highest BCUT2D eigenvalue weighted by Gasteiger charge is 2.33. The molecule has 9 heteroatoms. The molecule has 4 heterocycles. The van der Waals surface area contributed by atoms with Gasteiger partial charge in [0.25, 0.3) is 18.1 Å². The van der Waals surface area contributed by atoms with Crippen molar-refractivity contribution in [1.82, 2.24) is 29.5 Å². The van der Waals surface area contributed by atoms with Gasteiger partial charge in [0.1, 0.15) is 12.0 Å². The van der Waals surface area contributed by atoms with E-state index in [-0.39, 0.29) is 29.2 Å². The molecule has 1 aliphatic rings. The molecule has 0 saturated carbocycles. The second kappa shape index (κ2) is 7.46. The lowest BCUT2D eigenvalue weighted by Gasteiger charge is -2.37. The van der Waals surface area contributed by atoms with Crippen LogP contribution in [0.3, 0.4) is 0 Å². The van der Waals surface area contributed by atoms with E-state index in [1.54, 1.807) is 17.0 Å². The number of amides is 1. The molecule has 1 saturated heterocycles. The number of nitrogens with zero attached hydrogens (tertiary/aromatic N) is 6. The molecule has 7 nitrogen and oxygen atoms in total. The molecule has 29 heavy (non-hydrogen) atoms. The zero-order valence-corrected chi connectivity index (χ0v) is 16.5. The summed E-state index contributed by atoms with van der Waals surface area (Å²) in [5.74, 6) is 0.115. The first-order chi connectivity index (χ1) is 13.8. The highest BCUT2D eigenvalue weighted by molar-refractivity contribution is 5.94. The van der Waals surface area contributed by atoms with E-state index in [4.69, 9.17) is 0 Å². The highest BCUT2D eigenvalue weighted by atomic mass is 19.3. The Balaban J connectivity index is 1.69. The van der Waals surface area contributed by atoms with Crippen LogP contribution in [0.15, 0.2) is 24.5 Å². The third-order valence-corrected chi connectivity index (χ3v) is 5.48.